The Kier molecular flexibility index (Phi) is 9.88. The van der Waals surface area contributed by atoms with Gasteiger partial charge in [-0.2, -0.15) is 0 Å². The number of carbonyl (C=O) groups is 3. The zero-order valence-corrected chi connectivity index (χ0v) is 28.7. The van der Waals surface area contributed by atoms with Gasteiger partial charge in [-0.05, 0) is 120 Å². The van der Waals surface area contributed by atoms with Gasteiger partial charge in [-0.25, -0.2) is 17.6 Å². The van der Waals surface area contributed by atoms with Gasteiger partial charge in [0.2, 0.25) is 11.8 Å². The zero-order chi connectivity index (χ0) is 37.3. The molecule has 5 aromatic carbocycles. The highest BCUT2D eigenvalue weighted by molar-refractivity contribution is 5.97. The van der Waals surface area contributed by atoms with E-state index in [4.69, 9.17) is 5.73 Å². The van der Waals surface area contributed by atoms with Gasteiger partial charge < -0.3 is 16.0 Å². The van der Waals surface area contributed by atoms with Gasteiger partial charge in [0, 0.05) is 18.2 Å². The summed E-state index contributed by atoms with van der Waals surface area (Å²) in [5.74, 6) is -4.77. The fraction of sp³-hybridized carbons (Fsp3) is 0.233. The van der Waals surface area contributed by atoms with E-state index in [0.717, 1.165) is 24.0 Å². The summed E-state index contributed by atoms with van der Waals surface area (Å²) in [6.07, 6.45) is 1.64. The molecule has 53 heavy (non-hydrogen) atoms. The first-order valence-electron chi connectivity index (χ1n) is 17.6. The number of primary amides is 1. The standard InChI is InChI=1S/C43H37F4N3O3/c44-33-17-13-27(14-18-33)26-7-11-29(12-8-26)41(52)50-22-21-43(32-15-19-34(45)20-16-32,25-37(50)38(40(48)51)30-3-1-5-35(46)23-30)42(53)49-39(28-9-10-28)31-4-2-6-36(47)24-31/h1-8,11-20,23-24,28,37-39H,9-10,21-22,25H2,(H2,48,51)(H,49,53)/t37-,38?,39-,43?/m0/s1. The molecule has 0 bridgehead atoms. The van der Waals surface area contributed by atoms with Crippen LogP contribution in [0.25, 0.3) is 11.1 Å². The number of nitrogens with one attached hydrogen (secondary N) is 1. The summed E-state index contributed by atoms with van der Waals surface area (Å²) >= 11 is 0. The second-order valence-corrected chi connectivity index (χ2v) is 14.0. The van der Waals surface area contributed by atoms with Crippen LogP contribution in [0.2, 0.25) is 0 Å². The molecule has 0 aromatic heterocycles. The topological polar surface area (TPSA) is 92.5 Å². The number of nitrogens with zero attached hydrogens (tertiary/aromatic N) is 1. The Morgan fingerprint density at radius 3 is 1.81 bits per heavy atom. The van der Waals surface area contributed by atoms with Crippen molar-refractivity contribution in [1.82, 2.24) is 10.2 Å². The summed E-state index contributed by atoms with van der Waals surface area (Å²) in [5, 5.41) is 3.18. The molecule has 0 radical (unpaired) electrons. The molecular weight excluding hydrogens is 682 g/mol. The molecule has 270 valence electrons. The van der Waals surface area contributed by atoms with E-state index in [1.54, 1.807) is 54.6 Å². The summed E-state index contributed by atoms with van der Waals surface area (Å²) < 4.78 is 57.0. The van der Waals surface area contributed by atoms with Crippen molar-refractivity contribution >= 4 is 17.7 Å². The third-order valence-electron chi connectivity index (χ3n) is 10.6. The third-order valence-corrected chi connectivity index (χ3v) is 10.6. The Labute approximate surface area is 304 Å². The summed E-state index contributed by atoms with van der Waals surface area (Å²) in [7, 11) is 0. The van der Waals surface area contributed by atoms with Crippen LogP contribution in [0, 0.1) is 29.2 Å². The summed E-state index contributed by atoms with van der Waals surface area (Å²) in [6, 6.07) is 28.2. The SMILES string of the molecule is NC(=O)C(c1cccc(F)c1)[C@@H]1CC(C(=O)N[C@H](c2cccc(F)c2)C2CC2)(c2ccc(F)cc2)CCN1C(=O)c1ccc(-c2ccc(F)cc2)cc1. The molecular formula is C43H37F4N3O3. The fourth-order valence-electron chi connectivity index (χ4n) is 7.74. The average Bonchev–Trinajstić information content (AvgIpc) is 4.00. The highest BCUT2D eigenvalue weighted by atomic mass is 19.1. The van der Waals surface area contributed by atoms with E-state index in [-0.39, 0.29) is 36.7 Å². The lowest BCUT2D eigenvalue weighted by molar-refractivity contribution is -0.132. The molecule has 1 aliphatic heterocycles. The van der Waals surface area contributed by atoms with Crippen LogP contribution in [0.1, 0.15) is 64.7 Å². The van der Waals surface area contributed by atoms with E-state index in [0.29, 0.717) is 16.7 Å². The van der Waals surface area contributed by atoms with E-state index >= 15 is 0 Å². The first kappa shape index (κ1) is 35.6. The van der Waals surface area contributed by atoms with Crippen molar-refractivity contribution in [2.45, 2.75) is 49.1 Å². The van der Waals surface area contributed by atoms with Gasteiger partial charge in [-0.1, -0.05) is 60.7 Å². The molecule has 6 nitrogen and oxygen atoms in total. The molecule has 3 N–H and O–H groups in total. The highest BCUT2D eigenvalue weighted by Gasteiger charge is 2.52. The van der Waals surface area contributed by atoms with Gasteiger partial charge in [0.1, 0.15) is 23.3 Å². The number of halogens is 4. The van der Waals surface area contributed by atoms with Crippen LogP contribution in [-0.4, -0.2) is 35.2 Å². The average molecular weight is 720 g/mol. The molecule has 1 heterocycles. The molecule has 4 atom stereocenters. The van der Waals surface area contributed by atoms with Crippen molar-refractivity contribution in [2.75, 3.05) is 6.54 Å². The first-order valence-corrected chi connectivity index (χ1v) is 17.6. The van der Waals surface area contributed by atoms with Crippen LogP contribution in [0.15, 0.2) is 121 Å². The zero-order valence-electron chi connectivity index (χ0n) is 28.7. The Morgan fingerprint density at radius 2 is 1.25 bits per heavy atom. The molecule has 1 aliphatic carbocycles. The van der Waals surface area contributed by atoms with E-state index in [2.05, 4.69) is 5.32 Å². The van der Waals surface area contributed by atoms with E-state index in [1.807, 2.05) is 0 Å². The number of carbonyl (C=O) groups excluding carboxylic acids is 3. The van der Waals surface area contributed by atoms with E-state index < -0.39 is 58.6 Å². The number of hydrogen-bond donors (Lipinski definition) is 2. The molecule has 1 saturated carbocycles. The minimum absolute atomic E-state index is 0.0127. The minimum atomic E-state index is -1.40. The quantitative estimate of drug-likeness (QED) is 0.143. The third kappa shape index (κ3) is 7.44. The van der Waals surface area contributed by atoms with E-state index in [9.17, 15) is 31.9 Å². The van der Waals surface area contributed by atoms with E-state index in [1.165, 1.54) is 71.6 Å². The van der Waals surface area contributed by atoms with Gasteiger partial charge in [0.25, 0.3) is 5.91 Å². The number of nitrogens with two attached hydrogens (primary N) is 1. The molecule has 10 heteroatoms. The van der Waals surface area contributed by atoms with Crippen LogP contribution >= 0.6 is 0 Å². The van der Waals surface area contributed by atoms with Crippen LogP contribution in [0.5, 0.6) is 0 Å². The van der Waals surface area contributed by atoms with Gasteiger partial charge >= 0.3 is 0 Å². The Hall–Kier alpha value is -5.77. The van der Waals surface area contributed by atoms with Crippen molar-refractivity contribution in [3.8, 4) is 11.1 Å². The molecule has 1 saturated heterocycles. The normalized spacial score (nSPS) is 19.6. The number of likely N-dealkylation sites (tertiary alicyclic amines) is 1. The van der Waals surface area contributed by atoms with Gasteiger partial charge in [-0.3, -0.25) is 14.4 Å². The Balaban J connectivity index is 1.30. The van der Waals surface area contributed by atoms with Gasteiger partial charge in [-0.15, -0.1) is 0 Å². The molecule has 7 rings (SSSR count). The highest BCUT2D eigenvalue weighted by Crippen LogP contribution is 2.46. The summed E-state index contributed by atoms with van der Waals surface area (Å²) in [4.78, 5) is 44.3. The lowest BCUT2D eigenvalue weighted by Gasteiger charge is -2.48. The lowest BCUT2D eigenvalue weighted by Crippen LogP contribution is -2.59. The fourth-order valence-corrected chi connectivity index (χ4v) is 7.74. The molecule has 5 aromatic rings. The van der Waals surface area contributed by atoms with Gasteiger partial charge in [0.15, 0.2) is 0 Å². The Morgan fingerprint density at radius 1 is 0.698 bits per heavy atom. The first-order chi connectivity index (χ1) is 25.5. The maximum Gasteiger partial charge on any atom is 0.254 e. The van der Waals surface area contributed by atoms with Crippen molar-refractivity contribution in [1.29, 1.82) is 0 Å². The van der Waals surface area contributed by atoms with Crippen LogP contribution in [0.4, 0.5) is 17.6 Å². The maximum atomic E-state index is 14.9. The number of rotatable bonds is 10. The number of amides is 3. The predicted octanol–water partition coefficient (Wildman–Crippen LogP) is 7.99. The second kappa shape index (κ2) is 14.7. The van der Waals surface area contributed by atoms with Crippen molar-refractivity contribution in [2.24, 2.45) is 11.7 Å². The van der Waals surface area contributed by atoms with Crippen molar-refractivity contribution in [3.05, 3.63) is 167 Å². The van der Waals surface area contributed by atoms with Gasteiger partial charge in [0.05, 0.1) is 17.4 Å². The van der Waals surface area contributed by atoms with Crippen molar-refractivity contribution in [3.63, 3.8) is 0 Å². The minimum Gasteiger partial charge on any atom is -0.369 e. The number of benzene rings is 5. The van der Waals surface area contributed by atoms with Crippen LogP contribution in [-0.2, 0) is 15.0 Å². The Bertz CT molecular complexity index is 2140. The maximum absolute atomic E-state index is 14.9. The lowest BCUT2D eigenvalue weighted by atomic mass is 9.66. The monoisotopic (exact) mass is 719 g/mol. The van der Waals surface area contributed by atoms with Crippen molar-refractivity contribution < 1.29 is 31.9 Å². The molecule has 2 aliphatic rings. The van der Waals surface area contributed by atoms with Crippen LogP contribution in [0.3, 0.4) is 0 Å². The summed E-state index contributed by atoms with van der Waals surface area (Å²) in [6.45, 7) is -0.0127. The molecule has 0 spiro atoms. The molecule has 2 unspecified atom stereocenters. The predicted molar refractivity (Wildman–Crippen MR) is 192 cm³/mol. The molecule has 2 fully saturated rings. The van der Waals surface area contributed by atoms with Crippen LogP contribution < -0.4 is 11.1 Å². The number of hydrogen-bond acceptors (Lipinski definition) is 3. The second-order valence-electron chi connectivity index (χ2n) is 14.0. The largest absolute Gasteiger partial charge is 0.369 e. The molecule has 3 amide bonds. The summed E-state index contributed by atoms with van der Waals surface area (Å²) in [5.41, 5.74) is 7.78. The smallest absolute Gasteiger partial charge is 0.254 e. The number of piperidine rings is 1.